The summed E-state index contributed by atoms with van der Waals surface area (Å²) in [6, 6.07) is 15.0. The van der Waals surface area contributed by atoms with Crippen LogP contribution in [0.5, 0.6) is 5.75 Å². The molecule has 3 aromatic rings. The Morgan fingerprint density at radius 1 is 0.895 bits per heavy atom. The maximum atomic E-state index is 12.8. The van der Waals surface area contributed by atoms with Crippen LogP contribution in [-0.2, 0) is 20.7 Å². The van der Waals surface area contributed by atoms with Gasteiger partial charge in [-0.05, 0) is 81.1 Å². The summed E-state index contributed by atoms with van der Waals surface area (Å²) < 4.78 is 12.1. The summed E-state index contributed by atoms with van der Waals surface area (Å²) in [6.07, 6.45) is 3.20. The highest BCUT2D eigenvalue weighted by molar-refractivity contribution is 6.00. The fraction of sp³-hybridized carbons (Fsp3) is 0.310. The van der Waals surface area contributed by atoms with Crippen LogP contribution in [0.25, 0.3) is 11.4 Å². The molecule has 194 valence electrons. The molecule has 9 nitrogen and oxygen atoms in total. The molecule has 0 atom stereocenters. The summed E-state index contributed by atoms with van der Waals surface area (Å²) in [4.78, 5) is 40.5. The maximum Gasteiger partial charge on any atom is 0.359 e. The number of aromatic nitrogens is 2. The van der Waals surface area contributed by atoms with E-state index in [1.54, 1.807) is 30.8 Å². The van der Waals surface area contributed by atoms with Crippen LogP contribution in [0.3, 0.4) is 0 Å². The standard InChI is InChI=1S/C29H28N4O5/c1-3-38-29(36)27-25-15-17-32(21-9-7-20(8-10-21)31-16-5-4-6-23(31)18-34)26(19-35)28(25)33(30-27)22-11-13-24(37-2)14-12-22/h7-14H,3-6,15-17H2,1-2H3. The third-order valence-corrected chi connectivity index (χ3v) is 6.91. The third kappa shape index (κ3) is 4.50. The van der Waals surface area contributed by atoms with Gasteiger partial charge in [0.25, 0.3) is 0 Å². The average Bonchev–Trinajstić information content (AvgIpc) is 3.37. The molecule has 0 unspecified atom stereocenters. The Balaban J connectivity index is 1.54. The summed E-state index contributed by atoms with van der Waals surface area (Å²) in [7, 11) is 1.58. The highest BCUT2D eigenvalue weighted by Gasteiger charge is 2.34. The van der Waals surface area contributed by atoms with Crippen molar-refractivity contribution in [1.29, 1.82) is 0 Å². The van der Waals surface area contributed by atoms with Crippen molar-refractivity contribution in [2.24, 2.45) is 0 Å². The van der Waals surface area contributed by atoms with Crippen molar-refractivity contribution in [3.63, 3.8) is 0 Å². The second-order valence-corrected chi connectivity index (χ2v) is 9.03. The lowest BCUT2D eigenvalue weighted by molar-refractivity contribution is 0.0517. The average molecular weight is 513 g/mol. The molecule has 0 saturated carbocycles. The molecule has 1 saturated heterocycles. The van der Waals surface area contributed by atoms with Gasteiger partial charge < -0.3 is 19.3 Å². The molecule has 0 amide bonds. The number of ether oxygens (including phenoxy) is 2. The van der Waals surface area contributed by atoms with Crippen molar-refractivity contribution in [3.8, 4) is 11.4 Å². The van der Waals surface area contributed by atoms with Crippen LogP contribution in [0, 0.1) is 0 Å². The zero-order valence-electron chi connectivity index (χ0n) is 21.4. The third-order valence-electron chi connectivity index (χ3n) is 6.91. The SMILES string of the molecule is CCOC(=O)c1nn(-c2ccc(OC)cc2)c2c1CCN(c1ccc(N3CCCCC3=C=O)cc1)C2=C=O. The summed E-state index contributed by atoms with van der Waals surface area (Å²) in [6.45, 7) is 3.19. The molecule has 9 heteroatoms. The first-order valence-electron chi connectivity index (χ1n) is 12.7. The number of nitrogens with zero attached hydrogens (tertiary/aromatic N) is 4. The number of carbonyl (C=O) groups is 1. The number of hydrogen-bond acceptors (Lipinski definition) is 8. The normalized spacial score (nSPS) is 15.0. The number of benzene rings is 2. The molecule has 0 bridgehead atoms. The lowest BCUT2D eigenvalue weighted by Crippen LogP contribution is -2.31. The van der Waals surface area contributed by atoms with Gasteiger partial charge in [0.05, 0.1) is 19.4 Å². The van der Waals surface area contributed by atoms with Crippen molar-refractivity contribution >= 4 is 34.9 Å². The first-order valence-corrected chi connectivity index (χ1v) is 12.7. The topological polar surface area (TPSA) is 94.0 Å². The van der Waals surface area contributed by atoms with Crippen LogP contribution < -0.4 is 14.5 Å². The van der Waals surface area contributed by atoms with Crippen LogP contribution in [-0.4, -0.2) is 54.4 Å². The van der Waals surface area contributed by atoms with Gasteiger partial charge in [0.1, 0.15) is 23.1 Å². The van der Waals surface area contributed by atoms with Gasteiger partial charge in [0.2, 0.25) is 0 Å². The second kappa shape index (κ2) is 10.8. The van der Waals surface area contributed by atoms with Crippen LogP contribution in [0.2, 0.25) is 0 Å². The first kappa shape index (κ1) is 25.1. The highest BCUT2D eigenvalue weighted by Crippen LogP contribution is 2.36. The molecule has 0 aliphatic carbocycles. The molecule has 2 aliphatic heterocycles. The van der Waals surface area contributed by atoms with Gasteiger partial charge in [-0.15, -0.1) is 0 Å². The number of piperidine rings is 1. The van der Waals surface area contributed by atoms with E-state index in [0.29, 0.717) is 41.4 Å². The number of rotatable bonds is 6. The number of anilines is 2. The zero-order valence-corrected chi connectivity index (χ0v) is 21.4. The van der Waals surface area contributed by atoms with E-state index >= 15 is 0 Å². The number of carbonyl (C=O) groups excluding carboxylic acids is 3. The van der Waals surface area contributed by atoms with E-state index in [9.17, 15) is 14.4 Å². The maximum absolute atomic E-state index is 12.8. The van der Waals surface area contributed by atoms with Gasteiger partial charge in [0, 0.05) is 30.0 Å². The number of fused-ring (bicyclic) bond motifs is 1. The van der Waals surface area contributed by atoms with Crippen LogP contribution in [0.15, 0.2) is 54.2 Å². The minimum atomic E-state index is -0.528. The van der Waals surface area contributed by atoms with E-state index in [4.69, 9.17) is 9.47 Å². The summed E-state index contributed by atoms with van der Waals surface area (Å²) >= 11 is 0. The Labute approximate surface area is 220 Å². The quantitative estimate of drug-likeness (QED) is 0.362. The summed E-state index contributed by atoms with van der Waals surface area (Å²) in [5.41, 5.74) is 4.67. The molecular weight excluding hydrogens is 484 g/mol. The number of hydrogen-bond donors (Lipinski definition) is 0. The molecule has 0 spiro atoms. The van der Waals surface area contributed by atoms with Gasteiger partial charge >= 0.3 is 5.97 Å². The Morgan fingerprint density at radius 2 is 1.58 bits per heavy atom. The molecular formula is C29H28N4O5. The van der Waals surface area contributed by atoms with Crippen LogP contribution >= 0.6 is 0 Å². The molecule has 2 aromatic carbocycles. The van der Waals surface area contributed by atoms with Crippen molar-refractivity contribution in [2.75, 3.05) is 36.6 Å². The Kier molecular flexibility index (Phi) is 7.13. The predicted molar refractivity (Wildman–Crippen MR) is 143 cm³/mol. The zero-order chi connectivity index (χ0) is 26.6. The monoisotopic (exact) mass is 512 g/mol. The Morgan fingerprint density at radius 3 is 2.21 bits per heavy atom. The van der Waals surface area contributed by atoms with Crippen molar-refractivity contribution in [3.05, 3.63) is 71.2 Å². The minimum Gasteiger partial charge on any atom is -0.497 e. The van der Waals surface area contributed by atoms with Crippen LogP contribution in [0.1, 0.15) is 47.9 Å². The molecule has 5 rings (SSSR count). The fourth-order valence-corrected chi connectivity index (χ4v) is 5.06. The van der Waals surface area contributed by atoms with Gasteiger partial charge in [-0.25, -0.2) is 19.1 Å². The van der Waals surface area contributed by atoms with Gasteiger partial charge in [-0.3, -0.25) is 0 Å². The second-order valence-electron chi connectivity index (χ2n) is 9.03. The number of allylic oxidation sites excluding steroid dienone is 1. The molecule has 38 heavy (non-hydrogen) atoms. The van der Waals surface area contributed by atoms with Crippen LogP contribution in [0.4, 0.5) is 11.4 Å². The van der Waals surface area contributed by atoms with E-state index < -0.39 is 5.97 Å². The largest absolute Gasteiger partial charge is 0.497 e. The van der Waals surface area contributed by atoms with E-state index in [0.717, 1.165) is 37.2 Å². The predicted octanol–water partition coefficient (Wildman–Crippen LogP) is 4.00. The smallest absolute Gasteiger partial charge is 0.359 e. The summed E-state index contributed by atoms with van der Waals surface area (Å²) in [5.74, 6) is 4.33. The highest BCUT2D eigenvalue weighted by atomic mass is 16.5. The van der Waals surface area contributed by atoms with E-state index in [2.05, 4.69) is 17.0 Å². The fourth-order valence-electron chi connectivity index (χ4n) is 5.06. The molecule has 1 aromatic heterocycles. The molecule has 3 heterocycles. The molecule has 0 N–H and O–H groups in total. The Bertz CT molecular complexity index is 1450. The molecule has 1 fully saturated rings. The van der Waals surface area contributed by atoms with Crippen molar-refractivity contribution < 1.29 is 23.9 Å². The van der Waals surface area contributed by atoms with E-state index in [1.807, 2.05) is 46.2 Å². The lowest BCUT2D eigenvalue weighted by atomic mass is 10.0. The van der Waals surface area contributed by atoms with Crippen molar-refractivity contribution in [1.82, 2.24) is 9.78 Å². The number of methoxy groups -OCH3 is 1. The first-order chi connectivity index (χ1) is 18.6. The lowest BCUT2D eigenvalue weighted by Gasteiger charge is -2.32. The Hall–Kier alpha value is -4.58. The van der Waals surface area contributed by atoms with Gasteiger partial charge in [0.15, 0.2) is 17.3 Å². The molecule has 0 radical (unpaired) electrons. The summed E-state index contributed by atoms with van der Waals surface area (Å²) in [5, 5.41) is 4.58. The minimum absolute atomic E-state index is 0.193. The van der Waals surface area contributed by atoms with Gasteiger partial charge in [-0.2, -0.15) is 5.10 Å². The van der Waals surface area contributed by atoms with E-state index in [1.165, 1.54) is 0 Å². The number of esters is 1. The van der Waals surface area contributed by atoms with Gasteiger partial charge in [-0.1, -0.05) is 0 Å². The molecule has 2 aliphatic rings. The van der Waals surface area contributed by atoms with Crippen molar-refractivity contribution in [2.45, 2.75) is 32.6 Å². The van der Waals surface area contributed by atoms with E-state index in [-0.39, 0.29) is 18.0 Å².